The Morgan fingerprint density at radius 3 is 2.37 bits per heavy atom. The van der Waals surface area contributed by atoms with E-state index in [1.165, 1.54) is 5.56 Å². The normalized spacial score (nSPS) is 14.4. The SMILES string of the molecule is Cc1ccc(C(=O)N2CCN(c3cc(-c4ccccc4)[nH]n3)CC2)cc1C. The van der Waals surface area contributed by atoms with E-state index in [0.29, 0.717) is 13.1 Å². The van der Waals surface area contributed by atoms with Crippen molar-refractivity contribution in [2.75, 3.05) is 31.1 Å². The molecule has 1 aliphatic heterocycles. The molecular weight excluding hydrogens is 336 g/mol. The number of aromatic nitrogens is 2. The highest BCUT2D eigenvalue weighted by Crippen LogP contribution is 2.23. The maximum absolute atomic E-state index is 12.8. The second-order valence-corrected chi connectivity index (χ2v) is 7.08. The molecule has 1 aliphatic rings. The summed E-state index contributed by atoms with van der Waals surface area (Å²) in [6, 6.07) is 18.2. The quantitative estimate of drug-likeness (QED) is 0.776. The van der Waals surface area contributed by atoms with E-state index in [4.69, 9.17) is 0 Å². The van der Waals surface area contributed by atoms with Crippen LogP contribution in [0.1, 0.15) is 21.5 Å². The zero-order chi connectivity index (χ0) is 18.8. The molecule has 5 nitrogen and oxygen atoms in total. The van der Waals surface area contributed by atoms with Crippen LogP contribution in [-0.4, -0.2) is 47.2 Å². The van der Waals surface area contributed by atoms with Gasteiger partial charge in [0.15, 0.2) is 5.82 Å². The summed E-state index contributed by atoms with van der Waals surface area (Å²) < 4.78 is 0. The lowest BCUT2D eigenvalue weighted by Crippen LogP contribution is -2.49. The lowest BCUT2D eigenvalue weighted by molar-refractivity contribution is 0.0746. The number of benzene rings is 2. The van der Waals surface area contributed by atoms with Crippen molar-refractivity contribution in [2.24, 2.45) is 0 Å². The lowest BCUT2D eigenvalue weighted by Gasteiger charge is -2.34. The van der Waals surface area contributed by atoms with Gasteiger partial charge in [0.2, 0.25) is 0 Å². The van der Waals surface area contributed by atoms with Crippen LogP contribution < -0.4 is 4.90 Å². The van der Waals surface area contributed by atoms with Gasteiger partial charge in [-0.1, -0.05) is 36.4 Å². The molecule has 0 atom stereocenters. The summed E-state index contributed by atoms with van der Waals surface area (Å²) in [6.45, 7) is 7.10. The molecule has 1 N–H and O–H groups in total. The number of aryl methyl sites for hydroxylation is 2. The first-order valence-electron chi connectivity index (χ1n) is 9.34. The van der Waals surface area contributed by atoms with E-state index in [1.807, 2.05) is 48.2 Å². The third-order valence-electron chi connectivity index (χ3n) is 5.29. The molecule has 0 unspecified atom stereocenters. The Bertz CT molecular complexity index is 940. The van der Waals surface area contributed by atoms with E-state index >= 15 is 0 Å². The molecule has 138 valence electrons. The van der Waals surface area contributed by atoms with Gasteiger partial charge in [0.1, 0.15) is 0 Å². The van der Waals surface area contributed by atoms with Crippen LogP contribution in [0, 0.1) is 13.8 Å². The third kappa shape index (κ3) is 3.58. The molecule has 3 aromatic rings. The minimum absolute atomic E-state index is 0.116. The van der Waals surface area contributed by atoms with E-state index < -0.39 is 0 Å². The molecule has 1 saturated heterocycles. The topological polar surface area (TPSA) is 52.2 Å². The Balaban J connectivity index is 1.41. The molecule has 5 heteroatoms. The van der Waals surface area contributed by atoms with Crippen molar-refractivity contribution in [3.05, 3.63) is 71.3 Å². The van der Waals surface area contributed by atoms with Gasteiger partial charge in [-0.2, -0.15) is 5.10 Å². The van der Waals surface area contributed by atoms with Gasteiger partial charge in [0, 0.05) is 37.8 Å². The van der Waals surface area contributed by atoms with Gasteiger partial charge in [-0.05, 0) is 42.7 Å². The minimum atomic E-state index is 0.116. The second kappa shape index (κ2) is 7.27. The molecule has 0 saturated carbocycles. The summed E-state index contributed by atoms with van der Waals surface area (Å²) in [5.74, 6) is 1.05. The van der Waals surface area contributed by atoms with Gasteiger partial charge in [0.05, 0.1) is 5.69 Å². The standard InChI is InChI=1S/C22H24N4O/c1-16-8-9-19(14-17(16)2)22(27)26-12-10-25(11-13-26)21-15-20(23-24-21)18-6-4-3-5-7-18/h3-9,14-15H,10-13H2,1-2H3,(H,23,24). The summed E-state index contributed by atoms with van der Waals surface area (Å²) in [7, 11) is 0. The number of hydrogen-bond donors (Lipinski definition) is 1. The predicted octanol–water partition coefficient (Wildman–Crippen LogP) is 3.66. The number of carbonyl (C=O) groups excluding carboxylic acids is 1. The fourth-order valence-corrected chi connectivity index (χ4v) is 3.43. The van der Waals surface area contributed by atoms with Crippen LogP contribution in [0.2, 0.25) is 0 Å². The summed E-state index contributed by atoms with van der Waals surface area (Å²) in [5.41, 5.74) is 5.28. The molecule has 0 aliphatic carbocycles. The molecule has 4 rings (SSSR count). The van der Waals surface area contributed by atoms with Crippen molar-refractivity contribution >= 4 is 11.7 Å². The molecule has 27 heavy (non-hydrogen) atoms. The highest BCUT2D eigenvalue weighted by molar-refractivity contribution is 5.94. The Kier molecular flexibility index (Phi) is 4.67. The van der Waals surface area contributed by atoms with Crippen LogP contribution >= 0.6 is 0 Å². The summed E-state index contributed by atoms with van der Waals surface area (Å²) in [4.78, 5) is 16.9. The number of carbonyl (C=O) groups is 1. The van der Waals surface area contributed by atoms with Gasteiger partial charge in [-0.25, -0.2) is 0 Å². The molecule has 2 heterocycles. The average molecular weight is 360 g/mol. The number of nitrogens with zero attached hydrogens (tertiary/aromatic N) is 3. The van der Waals surface area contributed by atoms with Crippen molar-refractivity contribution in [3.63, 3.8) is 0 Å². The molecule has 1 amide bonds. The number of aromatic amines is 1. The second-order valence-electron chi connectivity index (χ2n) is 7.08. The summed E-state index contributed by atoms with van der Waals surface area (Å²) >= 11 is 0. The van der Waals surface area contributed by atoms with Gasteiger partial charge in [-0.3, -0.25) is 9.89 Å². The van der Waals surface area contributed by atoms with Crippen LogP contribution in [0.15, 0.2) is 54.6 Å². The van der Waals surface area contributed by atoms with E-state index in [1.54, 1.807) is 0 Å². The van der Waals surface area contributed by atoms with Crippen molar-refractivity contribution < 1.29 is 4.79 Å². The van der Waals surface area contributed by atoms with Crippen molar-refractivity contribution in [2.45, 2.75) is 13.8 Å². The van der Waals surface area contributed by atoms with Crippen molar-refractivity contribution in [1.29, 1.82) is 0 Å². The van der Waals surface area contributed by atoms with Gasteiger partial charge in [-0.15, -0.1) is 0 Å². The van der Waals surface area contributed by atoms with Crippen molar-refractivity contribution in [3.8, 4) is 11.3 Å². The Hall–Kier alpha value is -3.08. The molecule has 2 aromatic carbocycles. The Morgan fingerprint density at radius 1 is 0.926 bits per heavy atom. The van der Waals surface area contributed by atoms with Crippen LogP contribution in [0.4, 0.5) is 5.82 Å². The summed E-state index contributed by atoms with van der Waals surface area (Å²) in [6.07, 6.45) is 0. The van der Waals surface area contributed by atoms with Crippen LogP contribution in [0.3, 0.4) is 0 Å². The maximum atomic E-state index is 12.8. The van der Waals surface area contributed by atoms with E-state index in [0.717, 1.165) is 41.3 Å². The number of piperazine rings is 1. The summed E-state index contributed by atoms with van der Waals surface area (Å²) in [5, 5.41) is 7.58. The van der Waals surface area contributed by atoms with E-state index in [-0.39, 0.29) is 5.91 Å². The monoisotopic (exact) mass is 360 g/mol. The van der Waals surface area contributed by atoms with Gasteiger partial charge >= 0.3 is 0 Å². The number of hydrogen-bond acceptors (Lipinski definition) is 3. The molecule has 0 radical (unpaired) electrons. The third-order valence-corrected chi connectivity index (χ3v) is 5.29. The first-order valence-corrected chi connectivity index (χ1v) is 9.34. The predicted molar refractivity (Wildman–Crippen MR) is 108 cm³/mol. The Labute approximate surface area is 159 Å². The smallest absolute Gasteiger partial charge is 0.253 e. The number of amides is 1. The van der Waals surface area contributed by atoms with Crippen LogP contribution in [0.5, 0.6) is 0 Å². The minimum Gasteiger partial charge on any atom is -0.352 e. The lowest BCUT2D eigenvalue weighted by atomic mass is 10.1. The number of anilines is 1. The molecule has 0 spiro atoms. The fraction of sp³-hybridized carbons (Fsp3) is 0.273. The van der Waals surface area contributed by atoms with E-state index in [9.17, 15) is 4.79 Å². The molecule has 1 aromatic heterocycles. The maximum Gasteiger partial charge on any atom is 0.253 e. The zero-order valence-electron chi connectivity index (χ0n) is 15.8. The largest absolute Gasteiger partial charge is 0.352 e. The average Bonchev–Trinajstić information content (AvgIpc) is 3.21. The Morgan fingerprint density at radius 2 is 1.67 bits per heavy atom. The van der Waals surface area contributed by atoms with Crippen LogP contribution in [-0.2, 0) is 0 Å². The first kappa shape index (κ1) is 17.3. The van der Waals surface area contributed by atoms with Crippen LogP contribution in [0.25, 0.3) is 11.3 Å². The molecular formula is C22H24N4O. The van der Waals surface area contributed by atoms with Gasteiger partial charge < -0.3 is 9.80 Å². The number of rotatable bonds is 3. The van der Waals surface area contributed by atoms with Gasteiger partial charge in [0.25, 0.3) is 5.91 Å². The number of H-pyrrole nitrogens is 1. The molecule has 0 bridgehead atoms. The van der Waals surface area contributed by atoms with E-state index in [2.05, 4.69) is 40.2 Å². The highest BCUT2D eigenvalue weighted by atomic mass is 16.2. The molecule has 1 fully saturated rings. The first-order chi connectivity index (χ1) is 13.1. The highest BCUT2D eigenvalue weighted by Gasteiger charge is 2.23. The zero-order valence-corrected chi connectivity index (χ0v) is 15.8. The number of nitrogens with one attached hydrogen (secondary N) is 1. The fourth-order valence-electron chi connectivity index (χ4n) is 3.43. The van der Waals surface area contributed by atoms with Crippen molar-refractivity contribution in [1.82, 2.24) is 15.1 Å².